The molecule has 0 amide bonds. The number of carbonyl (C=O) groups is 2. The molecule has 0 aliphatic heterocycles. The van der Waals surface area contributed by atoms with Gasteiger partial charge in [0.1, 0.15) is 0 Å². The van der Waals surface area contributed by atoms with Crippen molar-refractivity contribution < 1.29 is 28.5 Å². The van der Waals surface area contributed by atoms with Crippen molar-refractivity contribution in [2.24, 2.45) is 9.98 Å². The first-order chi connectivity index (χ1) is 11.5. The zero-order valence-corrected chi connectivity index (χ0v) is 14.9. The number of isothiocyanates is 2. The lowest BCUT2D eigenvalue weighted by Gasteiger charge is -2.12. The van der Waals surface area contributed by atoms with Crippen LogP contribution in [0, 0.1) is 0 Å². The summed E-state index contributed by atoms with van der Waals surface area (Å²) in [6.07, 6.45) is 0.283. The van der Waals surface area contributed by atoms with Gasteiger partial charge in [0.2, 0.25) is 12.6 Å². The van der Waals surface area contributed by atoms with Crippen LogP contribution in [0.5, 0.6) is 0 Å². The predicted molar refractivity (Wildman–Crippen MR) is 91.9 cm³/mol. The van der Waals surface area contributed by atoms with Gasteiger partial charge < -0.3 is 18.9 Å². The summed E-state index contributed by atoms with van der Waals surface area (Å²) >= 11 is 8.79. The summed E-state index contributed by atoms with van der Waals surface area (Å²) in [6, 6.07) is 0. The molecule has 132 valence electrons. The third-order valence-corrected chi connectivity index (χ3v) is 2.42. The van der Waals surface area contributed by atoms with Crippen LogP contribution in [0.1, 0.15) is 13.8 Å². The van der Waals surface area contributed by atoms with Crippen molar-refractivity contribution in [3.05, 3.63) is 12.2 Å². The number of esters is 2. The molecule has 0 aromatic carbocycles. The molecule has 2 atom stereocenters. The van der Waals surface area contributed by atoms with Gasteiger partial charge in [-0.05, 0) is 38.3 Å². The molecule has 0 spiro atoms. The molecular weight excluding hydrogens is 356 g/mol. The van der Waals surface area contributed by atoms with Crippen LogP contribution in [-0.4, -0.2) is 61.1 Å². The number of ether oxygens (including phenoxy) is 4. The van der Waals surface area contributed by atoms with Gasteiger partial charge in [0.05, 0.1) is 36.6 Å². The molecule has 0 saturated heterocycles. The van der Waals surface area contributed by atoms with E-state index in [1.54, 1.807) is 0 Å². The minimum absolute atomic E-state index is 0.228. The summed E-state index contributed by atoms with van der Waals surface area (Å²) in [5.74, 6) is -1.50. The fourth-order valence-electron chi connectivity index (χ4n) is 1.23. The van der Waals surface area contributed by atoms with Crippen molar-refractivity contribution in [3.63, 3.8) is 0 Å². The van der Waals surface area contributed by atoms with E-state index in [9.17, 15) is 9.59 Å². The highest BCUT2D eigenvalue weighted by molar-refractivity contribution is 7.78. The van der Waals surface area contributed by atoms with Crippen LogP contribution in [0.4, 0.5) is 0 Å². The van der Waals surface area contributed by atoms with Crippen LogP contribution in [0.25, 0.3) is 0 Å². The first-order valence-corrected chi connectivity index (χ1v) is 7.71. The first-order valence-electron chi connectivity index (χ1n) is 6.89. The maximum atomic E-state index is 11.5. The van der Waals surface area contributed by atoms with Crippen molar-refractivity contribution in [2.45, 2.75) is 26.4 Å². The highest BCUT2D eigenvalue weighted by atomic mass is 32.1. The van der Waals surface area contributed by atoms with Crippen molar-refractivity contribution in [1.29, 1.82) is 0 Å². The first kappa shape index (κ1) is 22.2. The van der Waals surface area contributed by atoms with E-state index in [-0.39, 0.29) is 13.2 Å². The Hall–Kier alpha value is -1.80. The van der Waals surface area contributed by atoms with Crippen molar-refractivity contribution in [3.8, 4) is 0 Å². The van der Waals surface area contributed by atoms with Gasteiger partial charge in [-0.2, -0.15) is 0 Å². The smallest absolute Gasteiger partial charge is 0.333 e. The molecule has 0 radical (unpaired) electrons. The zero-order chi connectivity index (χ0) is 18.2. The molecule has 0 aromatic heterocycles. The lowest BCUT2D eigenvalue weighted by atomic mass is 10.5. The van der Waals surface area contributed by atoms with E-state index in [1.165, 1.54) is 13.8 Å². The molecule has 0 aromatic rings. The van der Waals surface area contributed by atoms with Crippen LogP contribution >= 0.6 is 24.4 Å². The Morgan fingerprint density at radius 3 is 1.62 bits per heavy atom. The number of thiocarbonyl (C=S) groups is 2. The normalized spacial score (nSPS) is 12.6. The minimum Gasteiger partial charge on any atom is -0.433 e. The summed E-state index contributed by atoms with van der Waals surface area (Å²) in [6.45, 7) is 4.16. The summed E-state index contributed by atoms with van der Waals surface area (Å²) in [5, 5.41) is 4.37. The Balaban J connectivity index is 3.99. The van der Waals surface area contributed by atoms with Gasteiger partial charge in [0.15, 0.2) is 0 Å². The topological polar surface area (TPSA) is 95.8 Å². The van der Waals surface area contributed by atoms with E-state index in [2.05, 4.69) is 44.7 Å². The Kier molecular flexibility index (Phi) is 13.7. The quantitative estimate of drug-likeness (QED) is 0.127. The average Bonchev–Trinajstić information content (AvgIpc) is 2.54. The van der Waals surface area contributed by atoms with Gasteiger partial charge in [-0.3, -0.25) is 0 Å². The summed E-state index contributed by atoms with van der Waals surface area (Å²) < 4.78 is 20.0. The van der Waals surface area contributed by atoms with Crippen LogP contribution in [-0.2, 0) is 28.5 Å². The van der Waals surface area contributed by atoms with E-state index in [4.69, 9.17) is 18.9 Å². The highest BCUT2D eigenvalue weighted by Crippen LogP contribution is 1.98. The van der Waals surface area contributed by atoms with Crippen molar-refractivity contribution >= 4 is 46.7 Å². The maximum absolute atomic E-state index is 11.5. The fourth-order valence-corrected chi connectivity index (χ4v) is 1.41. The van der Waals surface area contributed by atoms with Crippen molar-refractivity contribution in [1.82, 2.24) is 0 Å². The second kappa shape index (κ2) is 14.8. The van der Waals surface area contributed by atoms with Gasteiger partial charge >= 0.3 is 11.9 Å². The van der Waals surface area contributed by atoms with Crippen LogP contribution in [0.2, 0.25) is 0 Å². The Bertz CT molecular complexity index is 481. The van der Waals surface area contributed by atoms with E-state index in [0.717, 1.165) is 12.2 Å². The molecule has 0 aliphatic carbocycles. The van der Waals surface area contributed by atoms with E-state index in [0.29, 0.717) is 13.1 Å². The number of rotatable bonds is 12. The summed E-state index contributed by atoms with van der Waals surface area (Å²) in [7, 11) is 0. The van der Waals surface area contributed by atoms with Gasteiger partial charge in [0.25, 0.3) is 0 Å². The predicted octanol–water partition coefficient (Wildman–Crippen LogP) is 1.56. The molecule has 0 N–H and O–H groups in total. The molecular formula is C14H18N2O6S2. The van der Waals surface area contributed by atoms with Gasteiger partial charge in [-0.1, -0.05) is 0 Å². The molecule has 0 heterocycles. The molecule has 0 fully saturated rings. The summed E-state index contributed by atoms with van der Waals surface area (Å²) in [4.78, 5) is 30.2. The van der Waals surface area contributed by atoms with E-state index in [1.807, 2.05) is 0 Å². The zero-order valence-electron chi connectivity index (χ0n) is 13.3. The second-order valence-electron chi connectivity index (χ2n) is 4.03. The molecule has 2 unspecified atom stereocenters. The number of hydrogen-bond donors (Lipinski definition) is 0. The Labute approximate surface area is 150 Å². The Morgan fingerprint density at radius 1 is 0.917 bits per heavy atom. The van der Waals surface area contributed by atoms with Gasteiger partial charge in [-0.25, -0.2) is 19.6 Å². The third kappa shape index (κ3) is 13.8. The molecule has 8 nitrogen and oxygen atoms in total. The number of hydrogen-bond acceptors (Lipinski definition) is 10. The summed E-state index contributed by atoms with van der Waals surface area (Å²) in [5.41, 5.74) is 0. The van der Waals surface area contributed by atoms with E-state index < -0.39 is 24.5 Å². The number of nitrogens with zero attached hydrogens (tertiary/aromatic N) is 2. The maximum Gasteiger partial charge on any atom is 0.333 e. The SMILES string of the molecule is CC(OCCN=C=S)OC(=O)/C=C\C(=O)OC(C)OCCN=C=S. The lowest BCUT2D eigenvalue weighted by Crippen LogP contribution is -2.20. The fraction of sp³-hybridized carbons (Fsp3) is 0.571. The minimum atomic E-state index is -0.789. The molecule has 24 heavy (non-hydrogen) atoms. The van der Waals surface area contributed by atoms with Crippen LogP contribution < -0.4 is 0 Å². The van der Waals surface area contributed by atoms with Gasteiger partial charge in [0, 0.05) is 12.2 Å². The van der Waals surface area contributed by atoms with Gasteiger partial charge in [-0.15, -0.1) is 0 Å². The molecule has 0 aliphatic rings. The monoisotopic (exact) mass is 374 g/mol. The van der Waals surface area contributed by atoms with E-state index >= 15 is 0 Å². The lowest BCUT2D eigenvalue weighted by molar-refractivity contribution is -0.171. The molecule has 0 rings (SSSR count). The van der Waals surface area contributed by atoms with Crippen molar-refractivity contribution in [2.75, 3.05) is 26.3 Å². The molecule has 10 heteroatoms. The highest BCUT2D eigenvalue weighted by Gasteiger charge is 2.09. The number of aliphatic imine (C=N–C) groups is 2. The second-order valence-corrected chi connectivity index (χ2v) is 4.40. The number of carbonyl (C=O) groups excluding carboxylic acids is 2. The third-order valence-electron chi connectivity index (χ3n) is 2.16. The van der Waals surface area contributed by atoms with Crippen LogP contribution in [0.15, 0.2) is 22.1 Å². The standard InChI is InChI=1S/C14H18N2O6S2/c1-11(19-7-5-15-9-23)21-13(17)3-4-14(18)22-12(2)20-8-6-16-10-24/h3-4,11-12H,5-8H2,1-2H3/b4-3-. The molecule has 0 saturated carbocycles. The average molecular weight is 374 g/mol. The van der Waals surface area contributed by atoms with Crippen LogP contribution in [0.3, 0.4) is 0 Å². The Morgan fingerprint density at radius 2 is 1.29 bits per heavy atom. The largest absolute Gasteiger partial charge is 0.433 e. The molecule has 0 bridgehead atoms.